The second-order valence-electron chi connectivity index (χ2n) is 5.19. The zero-order valence-corrected chi connectivity index (χ0v) is 12.4. The Morgan fingerprint density at radius 1 is 0.913 bits per heavy atom. The van der Waals surface area contributed by atoms with Crippen LogP contribution >= 0.6 is 0 Å². The predicted octanol–water partition coefficient (Wildman–Crippen LogP) is 3.27. The highest BCUT2D eigenvalue weighted by atomic mass is 19.2. The second kappa shape index (κ2) is 6.93. The van der Waals surface area contributed by atoms with Gasteiger partial charge in [0.2, 0.25) is 34.8 Å². The minimum Gasteiger partial charge on any atom is -0.453 e. The summed E-state index contributed by atoms with van der Waals surface area (Å²) < 4.78 is 73.9. The molecule has 0 radical (unpaired) electrons. The smallest absolute Gasteiger partial charge is 0.349 e. The van der Waals surface area contributed by atoms with Crippen LogP contribution < -0.4 is 4.74 Å². The fourth-order valence-corrected chi connectivity index (χ4v) is 1.28. The van der Waals surface area contributed by atoms with Crippen molar-refractivity contribution >= 4 is 11.9 Å². The van der Waals surface area contributed by atoms with Gasteiger partial charge in [-0.15, -0.1) is 0 Å². The van der Waals surface area contributed by atoms with E-state index in [0.717, 1.165) is 0 Å². The molecular weight excluding hydrogens is 327 g/mol. The van der Waals surface area contributed by atoms with Crippen LogP contribution in [0.1, 0.15) is 27.2 Å². The van der Waals surface area contributed by atoms with Gasteiger partial charge in [-0.3, -0.25) is 4.79 Å². The summed E-state index contributed by atoms with van der Waals surface area (Å²) in [6, 6.07) is 0. The van der Waals surface area contributed by atoms with Crippen LogP contribution in [-0.2, 0) is 14.3 Å². The molecule has 0 saturated carbocycles. The zero-order valence-electron chi connectivity index (χ0n) is 12.4. The van der Waals surface area contributed by atoms with E-state index in [1.54, 1.807) is 6.92 Å². The normalized spacial score (nSPS) is 11.3. The average molecular weight is 340 g/mol. The number of carbonyl (C=O) groups excluding carboxylic acids is 2. The molecule has 0 heterocycles. The van der Waals surface area contributed by atoms with Crippen LogP contribution in [-0.4, -0.2) is 18.5 Å². The van der Waals surface area contributed by atoms with E-state index in [2.05, 4.69) is 9.47 Å². The number of benzene rings is 1. The van der Waals surface area contributed by atoms with Crippen molar-refractivity contribution in [3.8, 4) is 5.75 Å². The fourth-order valence-electron chi connectivity index (χ4n) is 1.28. The largest absolute Gasteiger partial charge is 0.453 e. The van der Waals surface area contributed by atoms with E-state index in [-0.39, 0.29) is 0 Å². The molecule has 0 amide bonds. The Kier molecular flexibility index (Phi) is 5.68. The molecule has 0 aliphatic heterocycles. The topological polar surface area (TPSA) is 52.6 Å². The summed E-state index contributed by atoms with van der Waals surface area (Å²) in [7, 11) is 0. The van der Waals surface area contributed by atoms with Gasteiger partial charge in [0.05, 0.1) is 5.41 Å². The van der Waals surface area contributed by atoms with E-state index >= 15 is 0 Å². The third kappa shape index (κ3) is 3.96. The molecule has 0 saturated heterocycles. The number of carbonyl (C=O) groups is 2. The van der Waals surface area contributed by atoms with Crippen molar-refractivity contribution in [1.82, 2.24) is 0 Å². The molecule has 0 fully saturated rings. The molecule has 0 bridgehead atoms. The molecule has 0 atom stereocenters. The van der Waals surface area contributed by atoms with Gasteiger partial charge >= 0.3 is 11.9 Å². The molecule has 1 aromatic carbocycles. The first-order valence-electron chi connectivity index (χ1n) is 6.42. The summed E-state index contributed by atoms with van der Waals surface area (Å²) >= 11 is 0. The number of esters is 2. The van der Waals surface area contributed by atoms with Gasteiger partial charge in [-0.05, 0) is 20.3 Å². The molecular formula is C14H13F5O4. The van der Waals surface area contributed by atoms with Gasteiger partial charge in [0, 0.05) is 0 Å². The Bertz CT molecular complexity index is 614. The summed E-state index contributed by atoms with van der Waals surface area (Å²) in [4.78, 5) is 23.0. The minimum absolute atomic E-state index is 0.387. The minimum atomic E-state index is -2.38. The lowest BCUT2D eigenvalue weighted by Gasteiger charge is -2.19. The maximum atomic E-state index is 13.3. The highest BCUT2D eigenvalue weighted by Crippen LogP contribution is 2.29. The first kappa shape index (κ1) is 18.9. The van der Waals surface area contributed by atoms with Crippen molar-refractivity contribution in [2.45, 2.75) is 27.2 Å². The summed E-state index contributed by atoms with van der Waals surface area (Å²) in [5.41, 5.74) is -0.912. The van der Waals surface area contributed by atoms with Crippen molar-refractivity contribution in [2.24, 2.45) is 5.41 Å². The molecule has 1 rings (SSSR count). The first-order chi connectivity index (χ1) is 10.5. The number of ether oxygens (including phenoxy) is 2. The number of hydrogen-bond donors (Lipinski definition) is 0. The Labute approximate surface area is 128 Å². The van der Waals surface area contributed by atoms with Crippen molar-refractivity contribution in [3.05, 3.63) is 29.1 Å². The second-order valence-corrected chi connectivity index (χ2v) is 5.19. The van der Waals surface area contributed by atoms with Crippen molar-refractivity contribution < 1.29 is 41.0 Å². The van der Waals surface area contributed by atoms with Gasteiger partial charge in [-0.25, -0.2) is 18.0 Å². The molecule has 0 spiro atoms. The number of hydrogen-bond acceptors (Lipinski definition) is 4. The Morgan fingerprint density at radius 3 is 1.78 bits per heavy atom. The molecule has 128 valence electrons. The van der Waals surface area contributed by atoms with Gasteiger partial charge in [0.25, 0.3) is 0 Å². The van der Waals surface area contributed by atoms with E-state index < -0.39 is 58.8 Å². The van der Waals surface area contributed by atoms with E-state index in [1.807, 2.05) is 0 Å². The fraction of sp³-hybridized carbons (Fsp3) is 0.429. The molecule has 9 heteroatoms. The molecule has 23 heavy (non-hydrogen) atoms. The number of halogens is 5. The van der Waals surface area contributed by atoms with Crippen molar-refractivity contribution in [1.29, 1.82) is 0 Å². The number of rotatable bonds is 5. The van der Waals surface area contributed by atoms with E-state index in [4.69, 9.17) is 0 Å². The van der Waals surface area contributed by atoms with Crippen molar-refractivity contribution in [2.75, 3.05) is 6.61 Å². The SMILES string of the molecule is CCC(C)(C)C(=O)OCC(=O)Oc1c(F)c(F)c(F)c(F)c1F. The third-order valence-electron chi connectivity index (χ3n) is 3.14. The average Bonchev–Trinajstić information content (AvgIpc) is 2.52. The van der Waals surface area contributed by atoms with Gasteiger partial charge in [-0.2, -0.15) is 8.78 Å². The molecule has 4 nitrogen and oxygen atoms in total. The molecule has 1 aromatic rings. The van der Waals surface area contributed by atoms with Crippen LogP contribution in [0.3, 0.4) is 0 Å². The van der Waals surface area contributed by atoms with Crippen LogP contribution in [0.5, 0.6) is 5.75 Å². The monoisotopic (exact) mass is 340 g/mol. The standard InChI is InChI=1S/C14H13F5O4/c1-4-14(2,3)13(21)22-5-6(20)23-12-10(18)8(16)7(15)9(17)11(12)19/h4-5H2,1-3H3. The molecule has 0 aliphatic rings. The third-order valence-corrected chi connectivity index (χ3v) is 3.14. The van der Waals surface area contributed by atoms with Gasteiger partial charge < -0.3 is 9.47 Å². The summed E-state index contributed by atoms with van der Waals surface area (Å²) in [5, 5.41) is 0. The molecule has 0 aromatic heterocycles. The summed E-state index contributed by atoms with van der Waals surface area (Å²) in [6.45, 7) is 3.71. The predicted molar refractivity (Wildman–Crippen MR) is 66.9 cm³/mol. The highest BCUT2D eigenvalue weighted by Gasteiger charge is 2.30. The lowest BCUT2D eigenvalue weighted by atomic mass is 9.91. The highest BCUT2D eigenvalue weighted by molar-refractivity contribution is 5.80. The maximum absolute atomic E-state index is 13.3. The van der Waals surface area contributed by atoms with Gasteiger partial charge in [0.15, 0.2) is 6.61 Å². The Morgan fingerprint density at radius 2 is 1.35 bits per heavy atom. The lowest BCUT2D eigenvalue weighted by Crippen LogP contribution is -2.29. The van der Waals surface area contributed by atoms with E-state index in [9.17, 15) is 31.5 Å². The van der Waals surface area contributed by atoms with Crippen LogP contribution in [0, 0.1) is 34.5 Å². The van der Waals surface area contributed by atoms with Gasteiger partial charge in [-0.1, -0.05) is 6.92 Å². The van der Waals surface area contributed by atoms with Crippen LogP contribution in [0.4, 0.5) is 22.0 Å². The summed E-state index contributed by atoms with van der Waals surface area (Å²) in [6.07, 6.45) is 0.387. The van der Waals surface area contributed by atoms with E-state index in [1.165, 1.54) is 13.8 Å². The van der Waals surface area contributed by atoms with Crippen LogP contribution in [0.2, 0.25) is 0 Å². The Balaban J connectivity index is 2.86. The van der Waals surface area contributed by atoms with E-state index in [0.29, 0.717) is 6.42 Å². The van der Waals surface area contributed by atoms with Crippen molar-refractivity contribution in [3.63, 3.8) is 0 Å². The van der Waals surface area contributed by atoms with Gasteiger partial charge in [0.1, 0.15) is 0 Å². The first-order valence-corrected chi connectivity index (χ1v) is 6.42. The molecule has 0 unspecified atom stereocenters. The van der Waals surface area contributed by atoms with Crippen LogP contribution in [0.25, 0.3) is 0 Å². The molecule has 0 N–H and O–H groups in total. The van der Waals surface area contributed by atoms with Crippen LogP contribution in [0.15, 0.2) is 0 Å². The zero-order chi connectivity index (χ0) is 17.9. The lowest BCUT2D eigenvalue weighted by molar-refractivity contribution is -0.161. The quantitative estimate of drug-likeness (QED) is 0.271. The molecule has 0 aliphatic carbocycles. The summed E-state index contributed by atoms with van der Waals surface area (Å²) in [5.74, 6) is -15.5. The maximum Gasteiger partial charge on any atom is 0.349 e. The Hall–Kier alpha value is -2.19.